The van der Waals surface area contributed by atoms with Gasteiger partial charge >= 0.3 is 5.97 Å². The molecule has 1 aromatic heterocycles. The fourth-order valence-electron chi connectivity index (χ4n) is 4.62. The molecule has 1 amide bonds. The molecule has 0 aliphatic rings. The number of esters is 1. The normalized spacial score (nSPS) is 12.4. The number of amides is 1. The molecule has 0 saturated heterocycles. The molecular formula is C31H45N5O4Si. The highest BCUT2D eigenvalue weighted by molar-refractivity contribution is 6.76. The van der Waals surface area contributed by atoms with E-state index in [1.807, 2.05) is 62.4 Å². The topological polar surface area (TPSA) is 99.4 Å². The number of hydrogen-bond donors (Lipinski definition) is 0. The molecule has 1 heterocycles. The molecule has 3 rings (SSSR count). The predicted octanol–water partition coefficient (Wildman–Crippen LogP) is 6.04. The minimum absolute atomic E-state index is 0.0377. The van der Waals surface area contributed by atoms with Crippen LogP contribution in [0.15, 0.2) is 48.5 Å². The van der Waals surface area contributed by atoms with Gasteiger partial charge in [-0.25, -0.2) is 4.79 Å². The van der Waals surface area contributed by atoms with Crippen LogP contribution in [0.3, 0.4) is 0 Å². The average Bonchev–Trinajstić information content (AvgIpc) is 3.41. The molecule has 222 valence electrons. The number of unbranched alkanes of at least 4 members (excludes halogenated alkanes) is 1. The lowest BCUT2D eigenvalue weighted by Crippen LogP contribution is -2.48. The van der Waals surface area contributed by atoms with Crippen molar-refractivity contribution in [2.75, 3.05) is 13.7 Å². The number of carbonyl (C=O) groups is 2. The maximum absolute atomic E-state index is 13.2. The lowest BCUT2D eigenvalue weighted by molar-refractivity contribution is -0.155. The summed E-state index contributed by atoms with van der Waals surface area (Å²) in [6.07, 6.45) is 2.09. The van der Waals surface area contributed by atoms with Crippen LogP contribution < -0.4 is 0 Å². The van der Waals surface area contributed by atoms with Crippen LogP contribution in [0.5, 0.6) is 0 Å². The number of ether oxygens (including phenoxy) is 2. The van der Waals surface area contributed by atoms with E-state index in [1.54, 1.807) is 9.58 Å². The number of benzene rings is 2. The summed E-state index contributed by atoms with van der Waals surface area (Å²) in [6.45, 7) is 14.2. The van der Waals surface area contributed by atoms with E-state index >= 15 is 0 Å². The first-order valence-electron chi connectivity index (χ1n) is 14.5. The van der Waals surface area contributed by atoms with Gasteiger partial charge < -0.3 is 14.4 Å². The van der Waals surface area contributed by atoms with Crippen LogP contribution in [0.2, 0.25) is 25.7 Å². The van der Waals surface area contributed by atoms with Crippen LogP contribution in [-0.4, -0.2) is 64.8 Å². The van der Waals surface area contributed by atoms with Gasteiger partial charge in [0.15, 0.2) is 5.82 Å². The van der Waals surface area contributed by atoms with Crippen molar-refractivity contribution in [2.45, 2.75) is 85.0 Å². The van der Waals surface area contributed by atoms with Gasteiger partial charge in [-0.3, -0.25) is 4.79 Å². The Morgan fingerprint density at radius 1 is 1.02 bits per heavy atom. The Labute approximate surface area is 245 Å². The minimum atomic E-state index is -1.19. The Morgan fingerprint density at radius 3 is 2.32 bits per heavy atom. The van der Waals surface area contributed by atoms with Crippen molar-refractivity contribution >= 4 is 20.0 Å². The standard InChI is InChI=1S/C31H45N5O4Si/c1-8-9-14-28(37)35(29(23(2)3)31(38)39-4)21-24-15-17-25(18-16-24)26-12-10-11-13-27(26)30-32-33-34-36(30)22-40-19-20-41(5,6)7/h10-13,15-18,23,29H,8-9,14,19-22H2,1-7H3. The van der Waals surface area contributed by atoms with Crippen molar-refractivity contribution in [1.29, 1.82) is 0 Å². The van der Waals surface area contributed by atoms with Crippen LogP contribution in [0, 0.1) is 5.92 Å². The number of tetrazole rings is 1. The van der Waals surface area contributed by atoms with Gasteiger partial charge in [-0.1, -0.05) is 95.4 Å². The van der Waals surface area contributed by atoms with Crippen molar-refractivity contribution < 1.29 is 19.1 Å². The summed E-state index contributed by atoms with van der Waals surface area (Å²) in [7, 11) is 0.182. The van der Waals surface area contributed by atoms with E-state index in [9.17, 15) is 9.59 Å². The second-order valence-electron chi connectivity index (χ2n) is 11.9. The van der Waals surface area contributed by atoms with Crippen LogP contribution in [0.1, 0.15) is 45.6 Å². The third-order valence-electron chi connectivity index (χ3n) is 7.00. The summed E-state index contributed by atoms with van der Waals surface area (Å²) in [5.74, 6) is 0.134. The van der Waals surface area contributed by atoms with E-state index in [1.165, 1.54) is 7.11 Å². The van der Waals surface area contributed by atoms with Crippen LogP contribution in [-0.2, 0) is 32.3 Å². The highest BCUT2D eigenvalue weighted by Gasteiger charge is 2.33. The van der Waals surface area contributed by atoms with Crippen molar-refractivity contribution in [3.05, 3.63) is 54.1 Å². The highest BCUT2D eigenvalue weighted by Crippen LogP contribution is 2.31. The molecule has 10 heteroatoms. The van der Waals surface area contributed by atoms with Gasteiger partial charge in [0.2, 0.25) is 5.91 Å². The Kier molecular flexibility index (Phi) is 11.8. The molecule has 41 heavy (non-hydrogen) atoms. The molecule has 0 fully saturated rings. The molecule has 0 bridgehead atoms. The van der Waals surface area contributed by atoms with E-state index in [2.05, 4.69) is 42.1 Å². The average molecular weight is 580 g/mol. The van der Waals surface area contributed by atoms with E-state index in [-0.39, 0.29) is 11.8 Å². The number of methoxy groups -OCH3 is 1. The number of hydrogen-bond acceptors (Lipinski definition) is 7. The first-order valence-corrected chi connectivity index (χ1v) is 18.2. The van der Waals surface area contributed by atoms with Crippen molar-refractivity contribution in [1.82, 2.24) is 25.1 Å². The lowest BCUT2D eigenvalue weighted by atomic mass is 9.97. The van der Waals surface area contributed by atoms with Crippen molar-refractivity contribution in [2.24, 2.45) is 5.92 Å². The molecule has 3 aromatic rings. The molecule has 0 aliphatic carbocycles. The van der Waals surface area contributed by atoms with Gasteiger partial charge in [0.05, 0.1) is 7.11 Å². The van der Waals surface area contributed by atoms with E-state index < -0.39 is 20.1 Å². The fourth-order valence-corrected chi connectivity index (χ4v) is 5.38. The zero-order valence-electron chi connectivity index (χ0n) is 25.6. The number of rotatable bonds is 15. The molecular weight excluding hydrogens is 534 g/mol. The van der Waals surface area contributed by atoms with Crippen LogP contribution in [0.25, 0.3) is 22.5 Å². The summed E-state index contributed by atoms with van der Waals surface area (Å²) < 4.78 is 12.7. The molecule has 2 aromatic carbocycles. The molecule has 0 radical (unpaired) electrons. The molecule has 0 N–H and O–H groups in total. The zero-order chi connectivity index (χ0) is 30.0. The maximum atomic E-state index is 13.2. The third-order valence-corrected chi connectivity index (χ3v) is 8.71. The summed E-state index contributed by atoms with van der Waals surface area (Å²) in [4.78, 5) is 27.5. The summed E-state index contributed by atoms with van der Waals surface area (Å²) in [5.41, 5.74) is 3.82. The fraction of sp³-hybridized carbons (Fsp3) is 0.516. The number of carbonyl (C=O) groups excluding carboxylic acids is 2. The Balaban J connectivity index is 1.84. The highest BCUT2D eigenvalue weighted by atomic mass is 28.3. The third kappa shape index (κ3) is 9.06. The van der Waals surface area contributed by atoms with E-state index in [0.29, 0.717) is 32.1 Å². The number of nitrogens with zero attached hydrogens (tertiary/aromatic N) is 5. The summed E-state index contributed by atoms with van der Waals surface area (Å²) in [6, 6.07) is 16.5. The first kappa shape index (κ1) is 32.1. The van der Waals surface area contributed by atoms with Gasteiger partial charge in [-0.05, 0) is 45.5 Å². The minimum Gasteiger partial charge on any atom is -0.467 e. The van der Waals surface area contributed by atoms with Crippen LogP contribution in [0.4, 0.5) is 0 Å². The predicted molar refractivity (Wildman–Crippen MR) is 164 cm³/mol. The smallest absolute Gasteiger partial charge is 0.328 e. The molecule has 9 nitrogen and oxygen atoms in total. The first-order chi connectivity index (χ1) is 19.6. The quantitative estimate of drug-likeness (QED) is 0.123. The van der Waals surface area contributed by atoms with E-state index in [0.717, 1.165) is 41.1 Å². The van der Waals surface area contributed by atoms with Gasteiger partial charge in [-0.2, -0.15) is 4.68 Å². The van der Waals surface area contributed by atoms with E-state index in [4.69, 9.17) is 9.47 Å². The molecule has 0 aliphatic heterocycles. The van der Waals surface area contributed by atoms with Gasteiger partial charge in [0.1, 0.15) is 12.8 Å². The molecule has 0 spiro atoms. The largest absolute Gasteiger partial charge is 0.467 e. The van der Waals surface area contributed by atoms with Gasteiger partial charge in [-0.15, -0.1) is 5.10 Å². The zero-order valence-corrected chi connectivity index (χ0v) is 26.6. The molecule has 0 saturated carbocycles. The number of aromatic nitrogens is 4. The Hall–Kier alpha value is -3.37. The van der Waals surface area contributed by atoms with Crippen LogP contribution >= 0.6 is 0 Å². The van der Waals surface area contributed by atoms with Gasteiger partial charge in [0.25, 0.3) is 0 Å². The Morgan fingerprint density at radius 2 is 1.71 bits per heavy atom. The SMILES string of the molecule is CCCCC(=O)N(Cc1ccc(-c2ccccc2-c2nnnn2COCC[Si](C)(C)C)cc1)C(C(=O)OC)C(C)C. The Bertz CT molecular complexity index is 1270. The summed E-state index contributed by atoms with van der Waals surface area (Å²) in [5, 5.41) is 12.4. The van der Waals surface area contributed by atoms with Crippen molar-refractivity contribution in [3.8, 4) is 22.5 Å². The van der Waals surface area contributed by atoms with Gasteiger partial charge in [0, 0.05) is 33.2 Å². The molecule has 1 atom stereocenters. The second-order valence-corrected chi connectivity index (χ2v) is 17.6. The molecule has 1 unspecified atom stereocenters. The monoisotopic (exact) mass is 579 g/mol. The summed E-state index contributed by atoms with van der Waals surface area (Å²) >= 11 is 0. The lowest BCUT2D eigenvalue weighted by Gasteiger charge is -2.32. The maximum Gasteiger partial charge on any atom is 0.328 e. The second kappa shape index (κ2) is 15.0. The van der Waals surface area contributed by atoms with Crippen molar-refractivity contribution in [3.63, 3.8) is 0 Å².